The summed E-state index contributed by atoms with van der Waals surface area (Å²) in [7, 11) is 0. The van der Waals surface area contributed by atoms with Gasteiger partial charge in [0.05, 0.1) is 16.8 Å². The lowest BCUT2D eigenvalue weighted by atomic mass is 10.1. The zero-order valence-electron chi connectivity index (χ0n) is 12.4. The average molecular weight is 300 g/mol. The van der Waals surface area contributed by atoms with Gasteiger partial charge >= 0.3 is 0 Å². The van der Waals surface area contributed by atoms with Crippen molar-refractivity contribution in [3.63, 3.8) is 0 Å². The molecule has 0 saturated heterocycles. The minimum atomic E-state index is 0.0519. The number of anilines is 1. The van der Waals surface area contributed by atoms with Crippen LogP contribution < -0.4 is 5.32 Å². The minimum Gasteiger partial charge on any atom is -0.459 e. The molecule has 1 N–H and O–H groups in total. The highest BCUT2D eigenvalue weighted by molar-refractivity contribution is 6.33. The summed E-state index contributed by atoms with van der Waals surface area (Å²) in [4.78, 5) is 0. The number of benzene rings is 2. The van der Waals surface area contributed by atoms with Crippen LogP contribution in [0.4, 0.5) is 5.69 Å². The molecule has 0 saturated carbocycles. The van der Waals surface area contributed by atoms with E-state index < -0.39 is 0 Å². The van der Waals surface area contributed by atoms with E-state index in [0.29, 0.717) is 0 Å². The maximum atomic E-state index is 6.29. The van der Waals surface area contributed by atoms with Gasteiger partial charge < -0.3 is 9.73 Å². The highest BCUT2D eigenvalue weighted by Gasteiger charge is 2.17. The van der Waals surface area contributed by atoms with Crippen LogP contribution in [0.2, 0.25) is 5.02 Å². The number of hydrogen-bond donors (Lipinski definition) is 1. The van der Waals surface area contributed by atoms with Gasteiger partial charge in [0.1, 0.15) is 11.3 Å². The molecule has 0 amide bonds. The molecular formula is C18H18ClNO. The molecule has 0 radical (unpaired) electrons. The topological polar surface area (TPSA) is 25.2 Å². The van der Waals surface area contributed by atoms with Gasteiger partial charge in [0.2, 0.25) is 0 Å². The molecule has 0 bridgehead atoms. The Labute approximate surface area is 129 Å². The van der Waals surface area contributed by atoms with E-state index in [2.05, 4.69) is 25.2 Å². The molecule has 3 rings (SSSR count). The fourth-order valence-corrected chi connectivity index (χ4v) is 2.98. The molecule has 3 heteroatoms. The quantitative estimate of drug-likeness (QED) is 0.653. The fourth-order valence-electron chi connectivity index (χ4n) is 2.70. The van der Waals surface area contributed by atoms with Crippen LogP contribution in [-0.4, -0.2) is 0 Å². The van der Waals surface area contributed by atoms with Crippen molar-refractivity contribution >= 4 is 28.3 Å². The summed E-state index contributed by atoms with van der Waals surface area (Å²) in [6.07, 6.45) is 0. The monoisotopic (exact) mass is 299 g/mol. The highest BCUT2D eigenvalue weighted by Crippen LogP contribution is 2.33. The second-order valence-corrected chi connectivity index (χ2v) is 5.79. The molecule has 3 aromatic rings. The van der Waals surface area contributed by atoms with Crippen LogP contribution in [0.1, 0.15) is 29.9 Å². The lowest BCUT2D eigenvalue weighted by Gasteiger charge is -2.17. The molecule has 1 unspecified atom stereocenters. The first kappa shape index (κ1) is 14.0. The first-order chi connectivity index (χ1) is 10.1. The summed E-state index contributed by atoms with van der Waals surface area (Å²) in [5.41, 5.74) is 4.19. The molecule has 108 valence electrons. The maximum Gasteiger partial charge on any atom is 0.134 e. The Kier molecular flexibility index (Phi) is 3.64. The molecule has 1 heterocycles. The first-order valence-electron chi connectivity index (χ1n) is 7.07. The van der Waals surface area contributed by atoms with E-state index in [0.717, 1.165) is 33.0 Å². The summed E-state index contributed by atoms with van der Waals surface area (Å²) < 4.78 is 6.01. The fraction of sp³-hybridized carbons (Fsp3) is 0.222. The molecule has 0 fully saturated rings. The van der Waals surface area contributed by atoms with Gasteiger partial charge in [-0.3, -0.25) is 0 Å². The van der Waals surface area contributed by atoms with Crippen LogP contribution in [0.25, 0.3) is 11.0 Å². The number of hydrogen-bond acceptors (Lipinski definition) is 2. The van der Waals surface area contributed by atoms with Crippen LogP contribution in [0.3, 0.4) is 0 Å². The van der Waals surface area contributed by atoms with E-state index in [4.69, 9.17) is 16.0 Å². The predicted octanol–water partition coefficient (Wildman–Crippen LogP) is 5.88. The van der Waals surface area contributed by atoms with Crippen molar-refractivity contribution in [1.82, 2.24) is 0 Å². The van der Waals surface area contributed by atoms with Crippen LogP contribution >= 0.6 is 11.6 Å². The normalized spacial score (nSPS) is 12.6. The zero-order chi connectivity index (χ0) is 15.0. The van der Waals surface area contributed by atoms with E-state index in [1.54, 1.807) is 0 Å². The van der Waals surface area contributed by atoms with Gasteiger partial charge in [-0.2, -0.15) is 0 Å². The molecular weight excluding hydrogens is 282 g/mol. The van der Waals surface area contributed by atoms with Gasteiger partial charge in [0.25, 0.3) is 0 Å². The molecule has 0 aliphatic heterocycles. The van der Waals surface area contributed by atoms with Crippen LogP contribution in [0.15, 0.2) is 46.9 Å². The van der Waals surface area contributed by atoms with Gasteiger partial charge in [-0.05, 0) is 38.5 Å². The zero-order valence-corrected chi connectivity index (χ0v) is 13.2. The summed E-state index contributed by atoms with van der Waals surface area (Å²) in [5.74, 6) is 0.954. The number of nitrogens with one attached hydrogen (secondary N) is 1. The Morgan fingerprint density at radius 1 is 1.05 bits per heavy atom. The van der Waals surface area contributed by atoms with Crippen molar-refractivity contribution in [3.05, 3.63) is 64.4 Å². The molecule has 1 atom stereocenters. The minimum absolute atomic E-state index is 0.0519. The third kappa shape index (κ3) is 2.52. The Morgan fingerprint density at radius 3 is 2.52 bits per heavy atom. The summed E-state index contributed by atoms with van der Waals surface area (Å²) in [6, 6.07) is 14.1. The third-order valence-electron chi connectivity index (χ3n) is 3.86. The highest BCUT2D eigenvalue weighted by atomic mass is 35.5. The molecule has 0 spiro atoms. The van der Waals surface area contributed by atoms with Crippen molar-refractivity contribution in [1.29, 1.82) is 0 Å². The van der Waals surface area contributed by atoms with Crippen molar-refractivity contribution in [2.45, 2.75) is 26.8 Å². The largest absolute Gasteiger partial charge is 0.459 e. The van der Waals surface area contributed by atoms with E-state index in [9.17, 15) is 0 Å². The summed E-state index contributed by atoms with van der Waals surface area (Å²) in [5, 5.41) is 5.37. The maximum absolute atomic E-state index is 6.29. The van der Waals surface area contributed by atoms with Gasteiger partial charge in [-0.15, -0.1) is 0 Å². The van der Waals surface area contributed by atoms with Gasteiger partial charge in [0.15, 0.2) is 0 Å². The Bertz CT molecular complexity index is 771. The molecule has 0 aliphatic rings. The number of para-hydroxylation sites is 2. The standard InChI is InChI=1S/C18H18ClNO/c1-11-7-6-9-15(19)17(11)20-13(3)18-12(2)14-8-4-5-10-16(14)21-18/h4-10,13,20H,1-3H3. The molecule has 0 aliphatic carbocycles. The molecule has 1 aromatic heterocycles. The Balaban J connectivity index is 1.97. The van der Waals surface area contributed by atoms with Crippen molar-refractivity contribution in [2.24, 2.45) is 0 Å². The second kappa shape index (κ2) is 5.45. The molecule has 2 aromatic carbocycles. The van der Waals surface area contributed by atoms with E-state index in [1.165, 1.54) is 5.56 Å². The van der Waals surface area contributed by atoms with Crippen molar-refractivity contribution in [2.75, 3.05) is 5.32 Å². The van der Waals surface area contributed by atoms with Gasteiger partial charge in [0, 0.05) is 10.9 Å². The van der Waals surface area contributed by atoms with Crippen LogP contribution in [-0.2, 0) is 0 Å². The predicted molar refractivity (Wildman–Crippen MR) is 89.2 cm³/mol. The van der Waals surface area contributed by atoms with Crippen molar-refractivity contribution < 1.29 is 4.42 Å². The molecule has 2 nitrogen and oxygen atoms in total. The van der Waals surface area contributed by atoms with Crippen molar-refractivity contribution in [3.8, 4) is 0 Å². The van der Waals surface area contributed by atoms with E-state index >= 15 is 0 Å². The van der Waals surface area contributed by atoms with Gasteiger partial charge in [-0.25, -0.2) is 0 Å². The summed E-state index contributed by atoms with van der Waals surface area (Å²) >= 11 is 6.29. The molecule has 21 heavy (non-hydrogen) atoms. The van der Waals surface area contributed by atoms with Crippen LogP contribution in [0, 0.1) is 13.8 Å². The third-order valence-corrected chi connectivity index (χ3v) is 4.17. The number of rotatable bonds is 3. The van der Waals surface area contributed by atoms with E-state index in [1.807, 2.05) is 43.3 Å². The van der Waals surface area contributed by atoms with Gasteiger partial charge in [-0.1, -0.05) is 41.9 Å². The lowest BCUT2D eigenvalue weighted by Crippen LogP contribution is -2.08. The number of fused-ring (bicyclic) bond motifs is 1. The smallest absolute Gasteiger partial charge is 0.134 e. The average Bonchev–Trinajstić information content (AvgIpc) is 2.81. The Morgan fingerprint density at radius 2 is 1.81 bits per heavy atom. The summed E-state index contributed by atoms with van der Waals surface area (Å²) in [6.45, 7) is 6.23. The number of halogens is 1. The van der Waals surface area contributed by atoms with E-state index in [-0.39, 0.29) is 6.04 Å². The Hall–Kier alpha value is -1.93. The number of furan rings is 1. The lowest BCUT2D eigenvalue weighted by molar-refractivity contribution is 0.522. The SMILES string of the molecule is Cc1cccc(Cl)c1NC(C)c1oc2ccccc2c1C. The van der Waals surface area contributed by atoms with Crippen LogP contribution in [0.5, 0.6) is 0 Å². The number of aryl methyl sites for hydroxylation is 2. The second-order valence-electron chi connectivity index (χ2n) is 5.39. The first-order valence-corrected chi connectivity index (χ1v) is 7.45.